The van der Waals surface area contributed by atoms with Gasteiger partial charge in [-0.25, -0.2) is 73.6 Å². The van der Waals surface area contributed by atoms with Crippen LogP contribution in [0.5, 0.6) is 0 Å². The number of likely N-dealkylation sites (tertiary alicyclic amines) is 2. The molecule has 0 amide bonds. The number of piperazine rings is 4. The topological polar surface area (TPSA) is 300 Å². The molecule has 2 bridgehead atoms. The Bertz CT molecular complexity index is 5600. The van der Waals surface area contributed by atoms with Crippen LogP contribution in [-0.2, 0) is 59.6 Å². The standard InChI is InChI=1S/C22H32N4O2S.C21H32N4O3S.2C21H32N4O2S.C19H30N4O3S/c1-16(2)17-6-10-21(11-7-17)29(27,28)25-13-12-23-22(25)26-19-8-9-20(26)15-24(14-19)18-4-3-5-18;1-17(2)18-3-5-20(6-4-18)29(26,27)25-12-9-22-21(25)24-10-7-19(8-11-24)23-13-15-28-16-14-23;2*1-16(2)18-7-9-20(10-8-18)28(26,27)25-15-17(3)22-21(25)24-13-11-23(12-14-24)19-5-4-6-19;1-16(2)17-4-6-18(7-5-17)27(24,25)23-9-8-20-19(23)22-12-10-21(11-13-22)14-15-26-3/h6-7,10-11,16,18-20H,3-5,8-9,12-15H2,1-2H3;3-6,17,19H,7-16H2,1-2H3;2*7-10,16-17,19H,4-6,11-15H2,1-3H3;4-7,16H,8-15H2,1-3H3/t;;2*17-;/m..10./s1. The number of fused-ring (bicyclic) bond motifs is 2. The first kappa shape index (κ1) is 106. The van der Waals surface area contributed by atoms with Crippen LogP contribution in [0.1, 0.15) is 224 Å². The van der Waals surface area contributed by atoms with Crippen LogP contribution in [0.4, 0.5) is 0 Å². The number of morpholine rings is 1. The van der Waals surface area contributed by atoms with Crippen molar-refractivity contribution >= 4 is 79.9 Å². The summed E-state index contributed by atoms with van der Waals surface area (Å²) in [6, 6.07) is 40.1. The molecule has 2 unspecified atom stereocenters. The van der Waals surface area contributed by atoms with Gasteiger partial charge in [-0.15, -0.1) is 0 Å². The van der Waals surface area contributed by atoms with Crippen molar-refractivity contribution in [1.82, 2.24) is 70.5 Å². The predicted molar refractivity (Wildman–Crippen MR) is 559 cm³/mol. The summed E-state index contributed by atoms with van der Waals surface area (Å²) in [6.45, 7) is 48.5. The summed E-state index contributed by atoms with van der Waals surface area (Å²) in [4.78, 5) is 48.5. The quantitative estimate of drug-likeness (QED) is 0.0621. The number of piperidine rings is 1. The highest BCUT2D eigenvalue weighted by Gasteiger charge is 2.50. The molecule has 15 aliphatic rings. The van der Waals surface area contributed by atoms with E-state index in [1.54, 1.807) is 72.1 Å². The molecule has 0 aromatic heterocycles. The van der Waals surface area contributed by atoms with Crippen molar-refractivity contribution in [2.45, 2.75) is 269 Å². The third kappa shape index (κ3) is 24.3. The molecule has 4 atom stereocenters. The maximum Gasteiger partial charge on any atom is 0.266 e. The number of benzene rings is 5. The van der Waals surface area contributed by atoms with Crippen molar-refractivity contribution in [2.75, 3.05) is 204 Å². The van der Waals surface area contributed by atoms with E-state index in [-0.39, 0.29) is 12.1 Å². The smallest absolute Gasteiger partial charge is 0.266 e. The van der Waals surface area contributed by atoms with Crippen LogP contribution in [0.25, 0.3) is 0 Å². The number of guanidine groups is 5. The van der Waals surface area contributed by atoms with E-state index in [4.69, 9.17) is 24.5 Å². The maximum absolute atomic E-state index is 13.4. The molecule has 37 heteroatoms. The van der Waals surface area contributed by atoms with Gasteiger partial charge in [-0.05, 0) is 196 Å². The van der Waals surface area contributed by atoms with Gasteiger partial charge in [0.15, 0.2) is 0 Å². The third-order valence-corrected chi connectivity index (χ3v) is 40.2. The van der Waals surface area contributed by atoms with Crippen LogP contribution < -0.4 is 0 Å². The van der Waals surface area contributed by atoms with E-state index >= 15 is 0 Å². The Morgan fingerprint density at radius 3 is 0.887 bits per heavy atom. The number of rotatable bonds is 22. The van der Waals surface area contributed by atoms with E-state index in [0.717, 1.165) is 209 Å². The van der Waals surface area contributed by atoms with Gasteiger partial charge in [0.2, 0.25) is 29.8 Å². The SMILES string of the molecule is CC(C)c1ccc(S(=O)(=O)N2CCN=C2N2C3CCC2CN(C2CCC2)C3)cc1.CC(C)c1ccc(S(=O)(=O)N2CCN=C2N2CCC(N3CCOCC3)CC2)cc1.CC(C)c1ccc(S(=O)(=O)N2C[C@@H](C)N=C2N2CCN(C3CCC3)CC2)cc1.CC(C)c1ccc(S(=O)(=O)N2C[C@H](C)N=C2N2CCN(C3CCC3)CC2)cc1.COCCN1CCN(C2=NCCN2S(=O)(=O)c2ccc(C(C)C)cc2)CC1. The van der Waals surface area contributed by atoms with Crippen molar-refractivity contribution in [3.63, 3.8) is 0 Å². The largest absolute Gasteiger partial charge is 0.383 e. The van der Waals surface area contributed by atoms with Crippen LogP contribution in [0.15, 0.2) is 171 Å². The van der Waals surface area contributed by atoms with Crippen molar-refractivity contribution < 1.29 is 51.6 Å². The molecule has 3 saturated carbocycles. The molecule has 5 aromatic rings. The number of hydrogen-bond donors (Lipinski definition) is 0. The fraction of sp³-hybridized carbons (Fsp3) is 0.663. The Labute approximate surface area is 843 Å². The van der Waals surface area contributed by atoms with Crippen LogP contribution in [-0.4, -0.2) is 394 Å². The lowest BCUT2D eigenvalue weighted by Crippen LogP contribution is -2.61. The number of hydrogen-bond acceptors (Lipinski definition) is 27. The summed E-state index contributed by atoms with van der Waals surface area (Å²) in [5, 5.41) is 0. The number of nitrogens with zero attached hydrogens (tertiary/aromatic N) is 20. The van der Waals surface area contributed by atoms with Crippen molar-refractivity contribution in [3.05, 3.63) is 149 Å². The van der Waals surface area contributed by atoms with E-state index in [2.05, 4.69) is 128 Å². The fourth-order valence-corrected chi connectivity index (χ4v) is 29.1. The second kappa shape index (κ2) is 46.3. The van der Waals surface area contributed by atoms with Crippen LogP contribution >= 0.6 is 0 Å². The zero-order valence-electron chi connectivity index (χ0n) is 85.8. The summed E-state index contributed by atoms with van der Waals surface area (Å²) in [5.41, 5.74) is 5.73. The van der Waals surface area contributed by atoms with E-state index in [1.165, 1.54) is 75.0 Å². The van der Waals surface area contributed by atoms with Gasteiger partial charge < -0.3 is 34.0 Å². The molecule has 12 aliphatic heterocycles. The molecule has 776 valence electrons. The lowest BCUT2D eigenvalue weighted by Gasteiger charge is -2.48. The minimum atomic E-state index is -3.59. The molecule has 0 radical (unpaired) electrons. The molecule has 7 saturated heterocycles. The summed E-state index contributed by atoms with van der Waals surface area (Å²) in [7, 11) is -16.2. The molecule has 0 spiro atoms. The van der Waals surface area contributed by atoms with Gasteiger partial charge in [-0.3, -0.25) is 39.5 Å². The normalized spacial score (nSPS) is 23.8. The first-order valence-electron chi connectivity index (χ1n) is 52.5. The lowest BCUT2D eigenvalue weighted by molar-refractivity contribution is 0.00508. The Morgan fingerprint density at radius 2 is 0.574 bits per heavy atom. The van der Waals surface area contributed by atoms with Crippen LogP contribution in [0.3, 0.4) is 0 Å². The van der Waals surface area contributed by atoms with Gasteiger partial charge in [0.1, 0.15) is 0 Å². The van der Waals surface area contributed by atoms with E-state index in [1.807, 2.05) is 74.5 Å². The highest BCUT2D eigenvalue weighted by molar-refractivity contribution is 7.91. The highest BCUT2D eigenvalue weighted by Crippen LogP contribution is 2.40. The van der Waals surface area contributed by atoms with Crippen molar-refractivity contribution in [1.29, 1.82) is 0 Å². The fourth-order valence-electron chi connectivity index (χ4n) is 21.7. The monoisotopic (exact) mass is 2040 g/mol. The Hall–Kier alpha value is -8.08. The Balaban J connectivity index is 0.000000127. The van der Waals surface area contributed by atoms with E-state index in [0.29, 0.717) is 161 Å². The van der Waals surface area contributed by atoms with Gasteiger partial charge in [0.05, 0.1) is 109 Å². The Kier molecular flexibility index (Phi) is 34.7. The third-order valence-electron chi connectivity index (χ3n) is 31.3. The Morgan fingerprint density at radius 1 is 0.298 bits per heavy atom. The molecule has 20 rings (SSSR count). The summed E-state index contributed by atoms with van der Waals surface area (Å²) in [6.07, 6.45) is 16.3. The minimum Gasteiger partial charge on any atom is -0.383 e. The molecule has 0 N–H and O–H groups in total. The molecule has 12 heterocycles. The number of ether oxygens (including phenoxy) is 2. The van der Waals surface area contributed by atoms with Gasteiger partial charge in [-0.2, -0.15) is 0 Å². The van der Waals surface area contributed by atoms with E-state index in [9.17, 15) is 42.1 Å². The summed E-state index contributed by atoms with van der Waals surface area (Å²) in [5.74, 6) is 5.08. The second-order valence-electron chi connectivity index (χ2n) is 42.3. The van der Waals surface area contributed by atoms with Crippen molar-refractivity contribution in [2.24, 2.45) is 25.0 Å². The second-order valence-corrected chi connectivity index (χ2v) is 51.6. The van der Waals surface area contributed by atoms with Crippen LogP contribution in [0.2, 0.25) is 0 Å². The molecule has 10 fully saturated rings. The average Bonchev–Trinajstić information content (AvgIpc) is 1.63. The van der Waals surface area contributed by atoms with E-state index < -0.39 is 50.1 Å². The zero-order chi connectivity index (χ0) is 99.8. The van der Waals surface area contributed by atoms with Crippen LogP contribution in [0, 0.1) is 0 Å². The predicted octanol–water partition coefficient (Wildman–Crippen LogP) is 11.7. The molecule has 5 aromatic carbocycles. The molecule has 141 heavy (non-hydrogen) atoms. The number of methoxy groups -OCH3 is 1. The number of sulfonamides is 5. The summed E-state index contributed by atoms with van der Waals surface area (Å²) < 4.78 is 151. The minimum absolute atomic E-state index is 0.00984. The highest BCUT2D eigenvalue weighted by atomic mass is 32.2. The molecule has 3 aliphatic carbocycles. The molecule has 32 nitrogen and oxygen atoms in total. The first-order valence-corrected chi connectivity index (χ1v) is 59.7. The zero-order valence-corrected chi connectivity index (χ0v) is 89.9. The molecular weight excluding hydrogens is 1880 g/mol. The van der Waals surface area contributed by atoms with Gasteiger partial charge in [0.25, 0.3) is 50.1 Å². The summed E-state index contributed by atoms with van der Waals surface area (Å²) >= 11 is 0. The van der Waals surface area contributed by atoms with Gasteiger partial charge in [0, 0.05) is 168 Å². The lowest BCUT2D eigenvalue weighted by atomic mass is 9.90. The first-order chi connectivity index (χ1) is 67.6. The molecular formula is C104H158N20O12S5. The van der Waals surface area contributed by atoms with Crippen molar-refractivity contribution in [3.8, 4) is 0 Å². The van der Waals surface area contributed by atoms with Gasteiger partial charge >= 0.3 is 0 Å². The average molecular weight is 2040 g/mol. The maximum atomic E-state index is 13.4. The van der Waals surface area contributed by atoms with Gasteiger partial charge in [-0.1, -0.05) is 149 Å². The number of aliphatic imine (C=N–C) groups is 5.